The van der Waals surface area contributed by atoms with Gasteiger partial charge < -0.3 is 15.3 Å². The average Bonchev–Trinajstić information content (AvgIpc) is 2.25. The van der Waals surface area contributed by atoms with Crippen molar-refractivity contribution in [2.45, 2.75) is 45.4 Å². The lowest BCUT2D eigenvalue weighted by molar-refractivity contribution is -0.153. The Morgan fingerprint density at radius 1 is 1.32 bits per heavy atom. The summed E-state index contributed by atoms with van der Waals surface area (Å²) >= 11 is 0. The first-order valence-corrected chi connectivity index (χ1v) is 7.33. The Balaban J connectivity index is 1.80. The summed E-state index contributed by atoms with van der Waals surface area (Å²) < 4.78 is 0. The molecule has 0 spiro atoms. The van der Waals surface area contributed by atoms with Gasteiger partial charge in [0.05, 0.1) is 5.41 Å². The predicted molar refractivity (Wildman–Crippen MR) is 71.9 cm³/mol. The van der Waals surface area contributed by atoms with E-state index >= 15 is 0 Å². The van der Waals surface area contributed by atoms with Crippen LogP contribution in [0.15, 0.2) is 0 Å². The van der Waals surface area contributed by atoms with Crippen molar-refractivity contribution in [2.75, 3.05) is 19.6 Å². The normalized spacial score (nSPS) is 21.1. The molecule has 0 saturated heterocycles. The van der Waals surface area contributed by atoms with Crippen molar-refractivity contribution in [1.82, 2.24) is 10.2 Å². The van der Waals surface area contributed by atoms with Gasteiger partial charge in [-0.25, -0.2) is 4.79 Å². The average molecular weight is 268 g/mol. The predicted octanol–water partition coefficient (Wildman–Crippen LogP) is 2.07. The fraction of sp³-hybridized carbons (Fsp3) is 0.857. The van der Waals surface area contributed by atoms with Crippen molar-refractivity contribution in [1.29, 1.82) is 0 Å². The van der Waals surface area contributed by atoms with Gasteiger partial charge in [0, 0.05) is 19.6 Å². The summed E-state index contributed by atoms with van der Waals surface area (Å²) in [6.45, 7) is 3.72. The smallest absolute Gasteiger partial charge is 0.317 e. The van der Waals surface area contributed by atoms with Crippen LogP contribution in [0.5, 0.6) is 0 Å². The molecule has 0 atom stereocenters. The quantitative estimate of drug-likeness (QED) is 0.774. The number of rotatable bonds is 6. The maximum absolute atomic E-state index is 12.1. The molecule has 0 aromatic rings. The highest BCUT2D eigenvalue weighted by atomic mass is 16.4. The maximum atomic E-state index is 12.1. The molecule has 5 heteroatoms. The van der Waals surface area contributed by atoms with Crippen LogP contribution in [0, 0.1) is 11.3 Å². The number of urea groups is 1. The van der Waals surface area contributed by atoms with Crippen molar-refractivity contribution in [3.05, 3.63) is 0 Å². The van der Waals surface area contributed by atoms with Crippen LogP contribution in [-0.4, -0.2) is 41.6 Å². The van der Waals surface area contributed by atoms with E-state index in [1.807, 2.05) is 6.92 Å². The minimum absolute atomic E-state index is 0.109. The SMILES string of the molecule is CCN(CC1CCC1)C(=O)NCC1(C(=O)O)CCC1. The van der Waals surface area contributed by atoms with Crippen molar-refractivity contribution >= 4 is 12.0 Å². The number of carbonyl (C=O) groups is 2. The number of aliphatic carboxylic acids is 1. The van der Waals surface area contributed by atoms with Crippen LogP contribution in [0.3, 0.4) is 0 Å². The summed E-state index contributed by atoms with van der Waals surface area (Å²) in [4.78, 5) is 25.1. The number of hydrogen-bond acceptors (Lipinski definition) is 2. The minimum Gasteiger partial charge on any atom is -0.481 e. The molecule has 2 amide bonds. The Morgan fingerprint density at radius 3 is 2.37 bits per heavy atom. The molecule has 5 nitrogen and oxygen atoms in total. The van der Waals surface area contributed by atoms with Crippen LogP contribution in [0.2, 0.25) is 0 Å². The maximum Gasteiger partial charge on any atom is 0.317 e. The van der Waals surface area contributed by atoms with Gasteiger partial charge >= 0.3 is 12.0 Å². The largest absolute Gasteiger partial charge is 0.481 e. The van der Waals surface area contributed by atoms with Gasteiger partial charge in [-0.3, -0.25) is 4.79 Å². The molecule has 0 aliphatic heterocycles. The fourth-order valence-corrected chi connectivity index (χ4v) is 2.77. The van der Waals surface area contributed by atoms with E-state index in [1.165, 1.54) is 19.3 Å². The van der Waals surface area contributed by atoms with E-state index in [0.29, 0.717) is 25.3 Å². The first kappa shape index (κ1) is 14.2. The molecule has 0 unspecified atom stereocenters. The second kappa shape index (κ2) is 5.80. The van der Waals surface area contributed by atoms with Crippen LogP contribution in [0.25, 0.3) is 0 Å². The number of nitrogens with one attached hydrogen (secondary N) is 1. The van der Waals surface area contributed by atoms with E-state index in [2.05, 4.69) is 5.32 Å². The summed E-state index contributed by atoms with van der Waals surface area (Å²) in [6, 6.07) is -0.109. The Labute approximate surface area is 114 Å². The number of hydrogen-bond donors (Lipinski definition) is 2. The topological polar surface area (TPSA) is 69.6 Å². The van der Waals surface area contributed by atoms with Crippen molar-refractivity contribution < 1.29 is 14.7 Å². The minimum atomic E-state index is -0.777. The van der Waals surface area contributed by atoms with E-state index in [0.717, 1.165) is 13.0 Å². The monoisotopic (exact) mass is 268 g/mol. The van der Waals surface area contributed by atoms with Crippen LogP contribution in [-0.2, 0) is 4.79 Å². The third kappa shape index (κ3) is 3.01. The molecule has 0 bridgehead atoms. The molecule has 0 radical (unpaired) electrons. The Bertz CT molecular complexity index is 349. The molecule has 2 aliphatic carbocycles. The summed E-state index contributed by atoms with van der Waals surface area (Å²) in [5, 5.41) is 12.0. The van der Waals surface area contributed by atoms with E-state index in [4.69, 9.17) is 0 Å². The lowest BCUT2D eigenvalue weighted by Gasteiger charge is -2.38. The van der Waals surface area contributed by atoms with E-state index in [-0.39, 0.29) is 12.6 Å². The molecule has 2 saturated carbocycles. The highest BCUT2D eigenvalue weighted by molar-refractivity contribution is 5.78. The molecule has 2 N–H and O–H groups in total. The number of carbonyl (C=O) groups excluding carboxylic acids is 1. The van der Waals surface area contributed by atoms with Crippen molar-refractivity contribution in [2.24, 2.45) is 11.3 Å². The molecule has 108 valence electrons. The van der Waals surface area contributed by atoms with Gasteiger partial charge in [-0.15, -0.1) is 0 Å². The van der Waals surface area contributed by atoms with Crippen LogP contribution < -0.4 is 5.32 Å². The molecular weight excluding hydrogens is 244 g/mol. The summed E-state index contributed by atoms with van der Waals surface area (Å²) in [5.41, 5.74) is -0.703. The highest BCUT2D eigenvalue weighted by Crippen LogP contribution is 2.40. The van der Waals surface area contributed by atoms with Gasteiger partial charge in [-0.05, 0) is 38.5 Å². The summed E-state index contributed by atoms with van der Waals surface area (Å²) in [7, 11) is 0. The molecule has 2 rings (SSSR count). The zero-order valence-corrected chi connectivity index (χ0v) is 11.7. The lowest BCUT2D eigenvalue weighted by atomic mass is 9.69. The first-order valence-electron chi connectivity index (χ1n) is 7.33. The van der Waals surface area contributed by atoms with Crippen molar-refractivity contribution in [3.63, 3.8) is 0 Å². The third-order valence-corrected chi connectivity index (χ3v) is 4.71. The number of carboxylic acids is 1. The van der Waals surface area contributed by atoms with Gasteiger partial charge in [0.15, 0.2) is 0 Å². The van der Waals surface area contributed by atoms with E-state index in [1.54, 1.807) is 4.90 Å². The molecule has 19 heavy (non-hydrogen) atoms. The van der Waals surface area contributed by atoms with E-state index < -0.39 is 11.4 Å². The molecule has 0 aromatic carbocycles. The zero-order valence-electron chi connectivity index (χ0n) is 11.7. The second-order valence-corrected chi connectivity index (χ2v) is 5.93. The molecular formula is C14H24N2O3. The Hall–Kier alpha value is -1.26. The van der Waals surface area contributed by atoms with Crippen molar-refractivity contribution in [3.8, 4) is 0 Å². The number of carboxylic acid groups (broad SMARTS) is 1. The number of amides is 2. The third-order valence-electron chi connectivity index (χ3n) is 4.71. The van der Waals surface area contributed by atoms with Gasteiger partial charge in [-0.1, -0.05) is 12.8 Å². The van der Waals surface area contributed by atoms with Crippen LogP contribution >= 0.6 is 0 Å². The van der Waals surface area contributed by atoms with Gasteiger partial charge in [0.25, 0.3) is 0 Å². The molecule has 2 fully saturated rings. The molecule has 0 heterocycles. The molecule has 0 aromatic heterocycles. The molecule has 2 aliphatic rings. The fourth-order valence-electron chi connectivity index (χ4n) is 2.77. The Morgan fingerprint density at radius 2 is 2.00 bits per heavy atom. The van der Waals surface area contributed by atoms with Gasteiger partial charge in [-0.2, -0.15) is 0 Å². The Kier molecular flexibility index (Phi) is 4.32. The standard InChI is InChI=1S/C14H24N2O3/c1-2-16(9-11-5-3-6-11)13(19)15-10-14(12(17)18)7-4-8-14/h11H,2-10H2,1H3,(H,15,19)(H,17,18). The summed E-state index contributed by atoms with van der Waals surface area (Å²) in [5.74, 6) is -0.135. The second-order valence-electron chi connectivity index (χ2n) is 5.93. The first-order chi connectivity index (χ1) is 9.07. The zero-order chi connectivity index (χ0) is 13.9. The van der Waals surface area contributed by atoms with Gasteiger partial charge in [0.2, 0.25) is 0 Å². The van der Waals surface area contributed by atoms with E-state index in [9.17, 15) is 14.7 Å². The van der Waals surface area contributed by atoms with Crippen LogP contribution in [0.1, 0.15) is 45.4 Å². The number of nitrogens with zero attached hydrogens (tertiary/aromatic N) is 1. The summed E-state index contributed by atoms with van der Waals surface area (Å²) in [6.07, 6.45) is 5.99. The lowest BCUT2D eigenvalue weighted by Crippen LogP contribution is -2.51. The highest BCUT2D eigenvalue weighted by Gasteiger charge is 2.44. The van der Waals surface area contributed by atoms with Gasteiger partial charge in [0.1, 0.15) is 0 Å². The van der Waals surface area contributed by atoms with Crippen LogP contribution in [0.4, 0.5) is 4.79 Å².